The molecule has 0 heterocycles. The zero-order chi connectivity index (χ0) is 13.9. The van der Waals surface area contributed by atoms with Crippen molar-refractivity contribution in [2.45, 2.75) is 11.3 Å². The summed E-state index contributed by atoms with van der Waals surface area (Å²) in [6.45, 7) is 0.611. The first-order valence-electron chi connectivity index (χ1n) is 5.93. The number of hydrogen-bond donors (Lipinski definition) is 2. The predicted molar refractivity (Wildman–Crippen MR) is 76.0 cm³/mol. The van der Waals surface area contributed by atoms with Crippen LogP contribution in [0, 0.1) is 0 Å². The minimum Gasteiger partial charge on any atom is -0.330 e. The fraction of sp³-hybridized carbons (Fsp3) is 0.143. The minimum absolute atomic E-state index is 0.121. The molecule has 0 aliphatic carbocycles. The van der Waals surface area contributed by atoms with Crippen molar-refractivity contribution in [3.8, 4) is 11.1 Å². The zero-order valence-corrected chi connectivity index (χ0v) is 11.2. The molecule has 4 nitrogen and oxygen atoms in total. The van der Waals surface area contributed by atoms with Gasteiger partial charge in [-0.25, -0.2) is 13.6 Å². The first-order valence-corrected chi connectivity index (χ1v) is 7.47. The molecule has 0 aliphatic heterocycles. The van der Waals surface area contributed by atoms with E-state index in [9.17, 15) is 8.42 Å². The molecule has 0 spiro atoms. The van der Waals surface area contributed by atoms with E-state index < -0.39 is 10.0 Å². The van der Waals surface area contributed by atoms with Crippen LogP contribution < -0.4 is 10.9 Å². The van der Waals surface area contributed by atoms with E-state index in [0.717, 1.165) is 23.1 Å². The summed E-state index contributed by atoms with van der Waals surface area (Å²) in [6, 6.07) is 14.5. The van der Waals surface area contributed by atoms with Gasteiger partial charge < -0.3 is 5.73 Å². The lowest BCUT2D eigenvalue weighted by atomic mass is 10.0. The molecule has 0 aromatic heterocycles. The van der Waals surface area contributed by atoms with Crippen molar-refractivity contribution >= 4 is 10.0 Å². The molecule has 0 unspecified atom stereocenters. The van der Waals surface area contributed by atoms with E-state index in [4.69, 9.17) is 10.9 Å². The molecule has 5 heteroatoms. The standard InChI is InChI=1S/C14H16N2O2S/c15-9-8-11-4-6-12(7-5-11)13-2-1-3-14(10-13)19(16,17)18/h1-7,10H,8-9,15H2,(H2,16,17,18). The molecule has 0 fully saturated rings. The molecule has 0 amide bonds. The highest BCUT2D eigenvalue weighted by atomic mass is 32.2. The first kappa shape index (κ1) is 13.7. The normalized spacial score (nSPS) is 11.5. The first-order chi connectivity index (χ1) is 9.00. The van der Waals surface area contributed by atoms with Crippen LogP contribution >= 0.6 is 0 Å². The molecule has 100 valence electrons. The van der Waals surface area contributed by atoms with Crippen LogP contribution in [0.3, 0.4) is 0 Å². The SMILES string of the molecule is NCCc1ccc(-c2cccc(S(N)(=O)=O)c2)cc1. The van der Waals surface area contributed by atoms with Gasteiger partial charge in [0, 0.05) is 0 Å². The maximum Gasteiger partial charge on any atom is 0.238 e. The largest absolute Gasteiger partial charge is 0.330 e. The van der Waals surface area contributed by atoms with Gasteiger partial charge in [0.05, 0.1) is 4.90 Å². The maximum atomic E-state index is 11.3. The highest BCUT2D eigenvalue weighted by Crippen LogP contribution is 2.22. The van der Waals surface area contributed by atoms with Gasteiger partial charge in [0.2, 0.25) is 10.0 Å². The second-order valence-electron chi connectivity index (χ2n) is 4.31. The number of nitrogens with two attached hydrogens (primary N) is 2. The van der Waals surface area contributed by atoms with Crippen molar-refractivity contribution in [1.82, 2.24) is 0 Å². The lowest BCUT2D eigenvalue weighted by molar-refractivity contribution is 0.598. The summed E-state index contributed by atoms with van der Waals surface area (Å²) >= 11 is 0. The Labute approximate surface area is 113 Å². The third-order valence-corrected chi connectivity index (χ3v) is 3.79. The Morgan fingerprint density at radius 3 is 2.21 bits per heavy atom. The number of hydrogen-bond acceptors (Lipinski definition) is 3. The molecule has 2 aromatic carbocycles. The van der Waals surface area contributed by atoms with Crippen molar-refractivity contribution in [3.63, 3.8) is 0 Å². The Morgan fingerprint density at radius 1 is 0.947 bits per heavy atom. The molecule has 2 rings (SSSR count). The van der Waals surface area contributed by atoms with Gasteiger partial charge in [-0.1, -0.05) is 36.4 Å². The average molecular weight is 276 g/mol. The average Bonchev–Trinajstić information content (AvgIpc) is 2.39. The van der Waals surface area contributed by atoms with Crippen molar-refractivity contribution in [3.05, 3.63) is 54.1 Å². The van der Waals surface area contributed by atoms with Crippen LogP contribution in [0.1, 0.15) is 5.56 Å². The van der Waals surface area contributed by atoms with Crippen LogP contribution in [0.25, 0.3) is 11.1 Å². The molecule has 0 atom stereocenters. The van der Waals surface area contributed by atoms with E-state index in [1.54, 1.807) is 12.1 Å². The van der Waals surface area contributed by atoms with Crippen LogP contribution in [0.15, 0.2) is 53.4 Å². The van der Waals surface area contributed by atoms with E-state index in [0.29, 0.717) is 6.54 Å². The van der Waals surface area contributed by atoms with Gasteiger partial charge in [-0.2, -0.15) is 0 Å². The molecule has 0 radical (unpaired) electrons. The smallest absolute Gasteiger partial charge is 0.238 e. The summed E-state index contributed by atoms with van der Waals surface area (Å²) in [6.07, 6.45) is 0.831. The Morgan fingerprint density at radius 2 is 1.63 bits per heavy atom. The van der Waals surface area contributed by atoms with Gasteiger partial charge in [0.25, 0.3) is 0 Å². The fourth-order valence-corrected chi connectivity index (χ4v) is 2.44. The topological polar surface area (TPSA) is 86.2 Å². The van der Waals surface area contributed by atoms with Crippen LogP contribution in [0.4, 0.5) is 0 Å². The van der Waals surface area contributed by atoms with Crippen LogP contribution in [-0.4, -0.2) is 15.0 Å². The minimum atomic E-state index is -3.67. The summed E-state index contributed by atoms with van der Waals surface area (Å²) in [5.41, 5.74) is 8.43. The van der Waals surface area contributed by atoms with E-state index in [2.05, 4.69) is 0 Å². The third-order valence-electron chi connectivity index (χ3n) is 2.88. The molecule has 0 saturated heterocycles. The highest BCUT2D eigenvalue weighted by molar-refractivity contribution is 7.89. The van der Waals surface area contributed by atoms with Crippen LogP contribution in [-0.2, 0) is 16.4 Å². The summed E-state index contributed by atoms with van der Waals surface area (Å²) in [4.78, 5) is 0.121. The monoisotopic (exact) mass is 276 g/mol. The molecule has 2 aromatic rings. The third kappa shape index (κ3) is 3.41. The van der Waals surface area contributed by atoms with Gasteiger partial charge in [0.1, 0.15) is 0 Å². The molecule has 0 aliphatic rings. The molecular formula is C14H16N2O2S. The molecular weight excluding hydrogens is 260 g/mol. The van der Waals surface area contributed by atoms with E-state index in [1.165, 1.54) is 6.07 Å². The van der Waals surface area contributed by atoms with Crippen LogP contribution in [0.5, 0.6) is 0 Å². The molecule has 0 saturated carbocycles. The Balaban J connectivity index is 2.36. The summed E-state index contributed by atoms with van der Waals surface area (Å²) in [5.74, 6) is 0. The summed E-state index contributed by atoms with van der Waals surface area (Å²) < 4.78 is 22.6. The second kappa shape index (κ2) is 5.52. The Kier molecular flexibility index (Phi) is 3.99. The van der Waals surface area contributed by atoms with Gasteiger partial charge in [0.15, 0.2) is 0 Å². The molecule has 0 bridgehead atoms. The number of benzene rings is 2. The van der Waals surface area contributed by atoms with Gasteiger partial charge >= 0.3 is 0 Å². The van der Waals surface area contributed by atoms with Crippen LogP contribution in [0.2, 0.25) is 0 Å². The summed E-state index contributed by atoms with van der Waals surface area (Å²) in [7, 11) is -3.67. The van der Waals surface area contributed by atoms with E-state index in [-0.39, 0.29) is 4.90 Å². The van der Waals surface area contributed by atoms with E-state index >= 15 is 0 Å². The maximum absolute atomic E-state index is 11.3. The second-order valence-corrected chi connectivity index (χ2v) is 5.87. The highest BCUT2D eigenvalue weighted by Gasteiger charge is 2.08. The Hall–Kier alpha value is -1.69. The lowest BCUT2D eigenvalue weighted by Gasteiger charge is -2.05. The molecule has 19 heavy (non-hydrogen) atoms. The fourth-order valence-electron chi connectivity index (χ4n) is 1.88. The van der Waals surface area contributed by atoms with E-state index in [1.807, 2.05) is 30.3 Å². The zero-order valence-electron chi connectivity index (χ0n) is 10.4. The van der Waals surface area contributed by atoms with Gasteiger partial charge in [-0.3, -0.25) is 0 Å². The van der Waals surface area contributed by atoms with Crippen molar-refractivity contribution in [2.24, 2.45) is 10.9 Å². The predicted octanol–water partition coefficient (Wildman–Crippen LogP) is 1.50. The Bertz CT molecular complexity index is 664. The number of sulfonamides is 1. The van der Waals surface area contributed by atoms with Gasteiger partial charge in [-0.05, 0) is 41.8 Å². The van der Waals surface area contributed by atoms with Crippen molar-refractivity contribution in [2.75, 3.05) is 6.54 Å². The quantitative estimate of drug-likeness (QED) is 0.887. The lowest BCUT2D eigenvalue weighted by Crippen LogP contribution is -2.11. The van der Waals surface area contributed by atoms with Crippen molar-refractivity contribution in [1.29, 1.82) is 0 Å². The summed E-state index contributed by atoms with van der Waals surface area (Å²) in [5, 5.41) is 5.13. The van der Waals surface area contributed by atoms with Gasteiger partial charge in [-0.15, -0.1) is 0 Å². The molecule has 4 N–H and O–H groups in total. The number of rotatable bonds is 4. The van der Waals surface area contributed by atoms with Crippen molar-refractivity contribution < 1.29 is 8.42 Å². The number of primary sulfonamides is 1.